The molecule has 0 N–H and O–H groups in total. The standard InChI is InChI=1S/C29H18FN3/c30-23-15-11-19(12-16-23)25-18-14-21-13-17-24-26(20-7-3-1-4-8-20)32-29(22-9-5-2-6-10-22)33-28(24)27(21)31-25/h1-18H. The van der Waals surface area contributed by atoms with Crippen molar-refractivity contribution >= 4 is 21.8 Å². The number of hydrogen-bond acceptors (Lipinski definition) is 3. The molecule has 0 spiro atoms. The molecule has 0 fully saturated rings. The van der Waals surface area contributed by atoms with Crippen molar-refractivity contribution in [3.8, 4) is 33.9 Å². The van der Waals surface area contributed by atoms with E-state index in [1.54, 1.807) is 12.1 Å². The zero-order valence-electron chi connectivity index (χ0n) is 17.6. The summed E-state index contributed by atoms with van der Waals surface area (Å²) < 4.78 is 13.4. The van der Waals surface area contributed by atoms with Crippen LogP contribution in [-0.4, -0.2) is 15.0 Å². The van der Waals surface area contributed by atoms with Gasteiger partial charge in [-0.15, -0.1) is 0 Å². The van der Waals surface area contributed by atoms with Crippen molar-refractivity contribution in [2.75, 3.05) is 0 Å². The Kier molecular flexibility index (Phi) is 4.62. The van der Waals surface area contributed by atoms with Gasteiger partial charge < -0.3 is 0 Å². The van der Waals surface area contributed by atoms with Gasteiger partial charge in [0, 0.05) is 27.5 Å². The molecule has 0 unspecified atom stereocenters. The summed E-state index contributed by atoms with van der Waals surface area (Å²) >= 11 is 0. The van der Waals surface area contributed by atoms with Crippen LogP contribution >= 0.6 is 0 Å². The fraction of sp³-hybridized carbons (Fsp3) is 0. The largest absolute Gasteiger partial charge is 0.245 e. The van der Waals surface area contributed by atoms with Crippen molar-refractivity contribution in [1.82, 2.24) is 15.0 Å². The van der Waals surface area contributed by atoms with Crippen LogP contribution in [0.2, 0.25) is 0 Å². The summed E-state index contributed by atoms with van der Waals surface area (Å²) in [5.41, 5.74) is 6.07. The van der Waals surface area contributed by atoms with Crippen LogP contribution in [0.3, 0.4) is 0 Å². The molecule has 6 aromatic rings. The molecule has 0 saturated heterocycles. The number of halogens is 1. The van der Waals surface area contributed by atoms with Gasteiger partial charge in [0.2, 0.25) is 0 Å². The molecular weight excluding hydrogens is 409 g/mol. The van der Waals surface area contributed by atoms with Gasteiger partial charge in [-0.3, -0.25) is 0 Å². The molecule has 0 aliphatic carbocycles. The number of rotatable bonds is 3. The number of fused-ring (bicyclic) bond motifs is 3. The first kappa shape index (κ1) is 19.3. The predicted octanol–water partition coefficient (Wildman–Crippen LogP) is 7.32. The molecule has 6 rings (SSSR count). The zero-order valence-corrected chi connectivity index (χ0v) is 17.6. The molecule has 0 atom stereocenters. The van der Waals surface area contributed by atoms with Crippen LogP contribution in [0.1, 0.15) is 0 Å². The maximum absolute atomic E-state index is 13.4. The highest BCUT2D eigenvalue weighted by Crippen LogP contribution is 2.33. The SMILES string of the molecule is Fc1ccc(-c2ccc3ccc4c(-c5ccccc5)nc(-c5ccccc5)nc4c3n2)cc1. The van der Waals surface area contributed by atoms with Gasteiger partial charge in [0.1, 0.15) is 11.3 Å². The maximum Gasteiger partial charge on any atom is 0.160 e. The Morgan fingerprint density at radius 3 is 1.88 bits per heavy atom. The molecule has 0 saturated carbocycles. The predicted molar refractivity (Wildman–Crippen MR) is 131 cm³/mol. The fourth-order valence-electron chi connectivity index (χ4n) is 4.09. The second kappa shape index (κ2) is 7.92. The molecule has 2 aromatic heterocycles. The second-order valence-corrected chi connectivity index (χ2v) is 7.86. The summed E-state index contributed by atoms with van der Waals surface area (Å²) in [7, 11) is 0. The second-order valence-electron chi connectivity index (χ2n) is 7.86. The summed E-state index contributed by atoms with van der Waals surface area (Å²) in [6.45, 7) is 0. The van der Waals surface area contributed by atoms with Gasteiger partial charge in [-0.25, -0.2) is 19.3 Å². The lowest BCUT2D eigenvalue weighted by Crippen LogP contribution is -1.97. The van der Waals surface area contributed by atoms with E-state index < -0.39 is 0 Å². The molecule has 3 nitrogen and oxygen atoms in total. The van der Waals surface area contributed by atoms with E-state index in [0.717, 1.165) is 49.9 Å². The van der Waals surface area contributed by atoms with Gasteiger partial charge >= 0.3 is 0 Å². The molecule has 0 aliphatic rings. The van der Waals surface area contributed by atoms with E-state index in [2.05, 4.69) is 24.3 Å². The molecule has 0 amide bonds. The van der Waals surface area contributed by atoms with Crippen LogP contribution in [0, 0.1) is 5.82 Å². The third kappa shape index (κ3) is 3.52. The van der Waals surface area contributed by atoms with Crippen LogP contribution in [0.4, 0.5) is 4.39 Å². The summed E-state index contributed by atoms with van der Waals surface area (Å²) in [6.07, 6.45) is 0. The Hall–Kier alpha value is -4.44. The first-order chi connectivity index (χ1) is 16.3. The van der Waals surface area contributed by atoms with Gasteiger partial charge in [-0.05, 0) is 36.4 Å². The highest BCUT2D eigenvalue weighted by atomic mass is 19.1. The lowest BCUT2D eigenvalue weighted by Gasteiger charge is -2.12. The highest BCUT2D eigenvalue weighted by molar-refractivity contribution is 6.08. The van der Waals surface area contributed by atoms with Crippen molar-refractivity contribution in [2.45, 2.75) is 0 Å². The Labute approximate surface area is 190 Å². The van der Waals surface area contributed by atoms with Crippen LogP contribution in [-0.2, 0) is 0 Å². The number of hydrogen-bond donors (Lipinski definition) is 0. The third-order valence-corrected chi connectivity index (χ3v) is 5.75. The summed E-state index contributed by atoms with van der Waals surface area (Å²) in [6, 6.07) is 34.6. The van der Waals surface area contributed by atoms with Gasteiger partial charge in [0.15, 0.2) is 5.82 Å². The lowest BCUT2D eigenvalue weighted by molar-refractivity contribution is 0.628. The number of benzene rings is 4. The number of aromatic nitrogens is 3. The minimum absolute atomic E-state index is 0.266. The van der Waals surface area contributed by atoms with E-state index in [1.807, 2.05) is 60.7 Å². The molecular formula is C29H18FN3. The van der Waals surface area contributed by atoms with Crippen LogP contribution in [0.25, 0.3) is 55.7 Å². The fourth-order valence-corrected chi connectivity index (χ4v) is 4.09. The monoisotopic (exact) mass is 427 g/mol. The van der Waals surface area contributed by atoms with E-state index in [1.165, 1.54) is 12.1 Å². The van der Waals surface area contributed by atoms with Crippen molar-refractivity contribution < 1.29 is 4.39 Å². The summed E-state index contributed by atoms with van der Waals surface area (Å²) in [5, 5.41) is 1.93. The Morgan fingerprint density at radius 1 is 0.485 bits per heavy atom. The van der Waals surface area contributed by atoms with Gasteiger partial charge in [0.25, 0.3) is 0 Å². The van der Waals surface area contributed by atoms with Gasteiger partial charge in [-0.1, -0.05) is 72.8 Å². The molecule has 2 heterocycles. The first-order valence-electron chi connectivity index (χ1n) is 10.7. The molecule has 0 radical (unpaired) electrons. The average Bonchev–Trinajstić information content (AvgIpc) is 2.89. The number of nitrogens with zero attached hydrogens (tertiary/aromatic N) is 3. The van der Waals surface area contributed by atoms with Crippen molar-refractivity contribution in [3.05, 3.63) is 115 Å². The summed E-state index contributed by atoms with van der Waals surface area (Å²) in [4.78, 5) is 14.9. The minimum Gasteiger partial charge on any atom is -0.245 e. The van der Waals surface area contributed by atoms with E-state index in [-0.39, 0.29) is 5.82 Å². The van der Waals surface area contributed by atoms with Gasteiger partial charge in [-0.2, -0.15) is 0 Å². The third-order valence-electron chi connectivity index (χ3n) is 5.75. The van der Waals surface area contributed by atoms with Crippen molar-refractivity contribution in [2.24, 2.45) is 0 Å². The topological polar surface area (TPSA) is 38.7 Å². The normalized spacial score (nSPS) is 11.2. The van der Waals surface area contributed by atoms with E-state index >= 15 is 0 Å². The molecule has 0 aliphatic heterocycles. The highest BCUT2D eigenvalue weighted by Gasteiger charge is 2.15. The maximum atomic E-state index is 13.4. The molecule has 33 heavy (non-hydrogen) atoms. The Morgan fingerprint density at radius 2 is 1.15 bits per heavy atom. The first-order valence-corrected chi connectivity index (χ1v) is 10.7. The Bertz CT molecular complexity index is 1600. The molecule has 4 aromatic carbocycles. The van der Waals surface area contributed by atoms with Crippen molar-refractivity contribution in [3.63, 3.8) is 0 Å². The lowest BCUT2D eigenvalue weighted by atomic mass is 10.0. The number of pyridine rings is 1. The van der Waals surface area contributed by atoms with Crippen molar-refractivity contribution in [1.29, 1.82) is 0 Å². The van der Waals surface area contributed by atoms with Crippen LogP contribution in [0.5, 0.6) is 0 Å². The smallest absolute Gasteiger partial charge is 0.160 e. The minimum atomic E-state index is -0.266. The van der Waals surface area contributed by atoms with E-state index in [4.69, 9.17) is 15.0 Å². The van der Waals surface area contributed by atoms with Crippen LogP contribution in [0.15, 0.2) is 109 Å². The summed E-state index contributed by atoms with van der Waals surface area (Å²) in [5.74, 6) is 0.390. The average molecular weight is 427 g/mol. The Balaban J connectivity index is 1.67. The molecule has 156 valence electrons. The van der Waals surface area contributed by atoms with Gasteiger partial charge in [0.05, 0.1) is 16.9 Å². The van der Waals surface area contributed by atoms with Crippen LogP contribution < -0.4 is 0 Å². The van der Waals surface area contributed by atoms with E-state index in [9.17, 15) is 4.39 Å². The molecule has 0 bridgehead atoms. The quantitative estimate of drug-likeness (QED) is 0.278. The molecule has 4 heteroatoms. The van der Waals surface area contributed by atoms with E-state index in [0.29, 0.717) is 5.82 Å². The zero-order chi connectivity index (χ0) is 22.2.